The first-order valence-electron chi connectivity index (χ1n) is 9.24. The number of ether oxygens (including phenoxy) is 2. The fourth-order valence-electron chi connectivity index (χ4n) is 2.61. The zero-order valence-corrected chi connectivity index (χ0v) is 17.1. The number of esters is 1. The highest BCUT2D eigenvalue weighted by molar-refractivity contribution is 7.09. The van der Waals surface area contributed by atoms with Crippen molar-refractivity contribution in [3.05, 3.63) is 75.7 Å². The van der Waals surface area contributed by atoms with E-state index in [1.807, 2.05) is 38.1 Å². The summed E-state index contributed by atoms with van der Waals surface area (Å²) in [6.45, 7) is 4.35. The molecular weight excluding hydrogens is 388 g/mol. The Hall–Kier alpha value is -3.19. The van der Waals surface area contributed by atoms with Crippen LogP contribution in [0.5, 0.6) is 5.75 Å². The predicted octanol–water partition coefficient (Wildman–Crippen LogP) is 4.39. The number of carbonyl (C=O) groups is 2. The summed E-state index contributed by atoms with van der Waals surface area (Å²) in [6, 6.07) is 14.6. The number of nitrogens with one attached hydrogen (secondary N) is 1. The van der Waals surface area contributed by atoms with Crippen molar-refractivity contribution in [2.45, 2.75) is 26.9 Å². The predicted molar refractivity (Wildman–Crippen MR) is 112 cm³/mol. The molecule has 0 aliphatic rings. The minimum Gasteiger partial charge on any atom is -0.493 e. The lowest BCUT2D eigenvalue weighted by molar-refractivity contribution is -0.115. The molecule has 0 aliphatic carbocycles. The first-order valence-corrected chi connectivity index (χ1v) is 10.1. The summed E-state index contributed by atoms with van der Waals surface area (Å²) in [4.78, 5) is 28.9. The smallest absolute Gasteiger partial charge is 0.342 e. The minimum absolute atomic E-state index is 0.0371. The van der Waals surface area contributed by atoms with Gasteiger partial charge in [0.25, 0.3) is 0 Å². The molecule has 29 heavy (non-hydrogen) atoms. The van der Waals surface area contributed by atoms with Crippen molar-refractivity contribution in [3.63, 3.8) is 0 Å². The second-order valence-corrected chi connectivity index (χ2v) is 7.27. The molecule has 0 bridgehead atoms. The largest absolute Gasteiger partial charge is 0.493 e. The average Bonchev–Trinajstić information content (AvgIpc) is 3.16. The topological polar surface area (TPSA) is 77.5 Å². The number of anilines is 1. The average molecular weight is 410 g/mol. The number of aryl methyl sites for hydroxylation is 1. The zero-order chi connectivity index (χ0) is 20.6. The summed E-state index contributed by atoms with van der Waals surface area (Å²) in [7, 11) is 0. The molecule has 1 N–H and O–H groups in total. The van der Waals surface area contributed by atoms with Gasteiger partial charge in [0.1, 0.15) is 22.9 Å². The molecule has 0 atom stereocenters. The maximum atomic E-state index is 12.3. The van der Waals surface area contributed by atoms with E-state index in [0.29, 0.717) is 28.6 Å². The highest BCUT2D eigenvalue weighted by atomic mass is 32.1. The third-order valence-corrected chi connectivity index (χ3v) is 4.90. The third kappa shape index (κ3) is 5.89. The second-order valence-electron chi connectivity index (χ2n) is 6.33. The van der Waals surface area contributed by atoms with Crippen LogP contribution in [0.15, 0.2) is 53.9 Å². The fourth-order valence-corrected chi connectivity index (χ4v) is 3.39. The molecular formula is C22H22N2O4S. The van der Waals surface area contributed by atoms with Gasteiger partial charge in [0, 0.05) is 11.1 Å². The number of nitrogens with zero attached hydrogens (tertiary/aromatic N) is 1. The SMILES string of the molecule is CCOc1ccccc1C(=O)OCc1csc(CC(=O)Nc2ccc(C)cc2)n1. The number of hydrogen-bond acceptors (Lipinski definition) is 6. The van der Waals surface area contributed by atoms with Gasteiger partial charge < -0.3 is 14.8 Å². The Labute approximate surface area is 173 Å². The van der Waals surface area contributed by atoms with Crippen LogP contribution in [-0.2, 0) is 22.6 Å². The van der Waals surface area contributed by atoms with Gasteiger partial charge in [-0.1, -0.05) is 29.8 Å². The van der Waals surface area contributed by atoms with Crippen LogP contribution in [0.3, 0.4) is 0 Å². The summed E-state index contributed by atoms with van der Waals surface area (Å²) < 4.78 is 10.8. The maximum Gasteiger partial charge on any atom is 0.342 e. The number of para-hydroxylation sites is 1. The van der Waals surface area contributed by atoms with Gasteiger partial charge in [-0.3, -0.25) is 4.79 Å². The Morgan fingerprint density at radius 2 is 1.86 bits per heavy atom. The van der Waals surface area contributed by atoms with Gasteiger partial charge in [0.15, 0.2) is 0 Å². The van der Waals surface area contributed by atoms with E-state index in [9.17, 15) is 9.59 Å². The number of rotatable bonds is 8. The summed E-state index contributed by atoms with van der Waals surface area (Å²) in [5, 5.41) is 5.30. The van der Waals surface area contributed by atoms with E-state index in [-0.39, 0.29) is 18.9 Å². The van der Waals surface area contributed by atoms with Crippen molar-refractivity contribution in [2.75, 3.05) is 11.9 Å². The Bertz CT molecular complexity index is 982. The normalized spacial score (nSPS) is 10.4. The second kappa shape index (κ2) is 9.84. The summed E-state index contributed by atoms with van der Waals surface area (Å²) in [5.41, 5.74) is 2.86. The Morgan fingerprint density at radius 1 is 1.10 bits per heavy atom. The Morgan fingerprint density at radius 3 is 2.62 bits per heavy atom. The van der Waals surface area contributed by atoms with E-state index in [2.05, 4.69) is 10.3 Å². The Balaban J connectivity index is 1.53. The van der Waals surface area contributed by atoms with Crippen LogP contribution >= 0.6 is 11.3 Å². The number of carbonyl (C=O) groups excluding carboxylic acids is 2. The number of hydrogen-bond donors (Lipinski definition) is 1. The summed E-state index contributed by atoms with van der Waals surface area (Å²) >= 11 is 1.36. The molecule has 6 nitrogen and oxygen atoms in total. The van der Waals surface area contributed by atoms with Gasteiger partial charge in [0.2, 0.25) is 5.91 Å². The molecule has 2 aromatic carbocycles. The quantitative estimate of drug-likeness (QED) is 0.558. The molecule has 1 aromatic heterocycles. The monoisotopic (exact) mass is 410 g/mol. The van der Waals surface area contributed by atoms with Crippen LogP contribution in [0.4, 0.5) is 5.69 Å². The van der Waals surface area contributed by atoms with Crippen molar-refractivity contribution in [2.24, 2.45) is 0 Å². The van der Waals surface area contributed by atoms with Gasteiger partial charge >= 0.3 is 5.97 Å². The van der Waals surface area contributed by atoms with Crippen molar-refractivity contribution in [3.8, 4) is 5.75 Å². The molecule has 0 saturated carbocycles. The first-order chi connectivity index (χ1) is 14.0. The zero-order valence-electron chi connectivity index (χ0n) is 16.3. The summed E-state index contributed by atoms with van der Waals surface area (Å²) in [5.74, 6) is -0.121. The summed E-state index contributed by atoms with van der Waals surface area (Å²) in [6.07, 6.45) is 0.166. The van der Waals surface area contributed by atoms with Crippen molar-refractivity contribution < 1.29 is 19.1 Å². The van der Waals surface area contributed by atoms with E-state index < -0.39 is 5.97 Å². The number of aromatic nitrogens is 1. The van der Waals surface area contributed by atoms with Crippen LogP contribution < -0.4 is 10.1 Å². The van der Waals surface area contributed by atoms with E-state index in [0.717, 1.165) is 11.3 Å². The van der Waals surface area contributed by atoms with E-state index in [1.54, 1.807) is 29.6 Å². The molecule has 0 fully saturated rings. The number of thiazole rings is 1. The molecule has 3 aromatic rings. The number of amides is 1. The molecule has 0 unspecified atom stereocenters. The lowest BCUT2D eigenvalue weighted by Gasteiger charge is -2.09. The van der Waals surface area contributed by atoms with E-state index in [4.69, 9.17) is 9.47 Å². The lowest BCUT2D eigenvalue weighted by Crippen LogP contribution is -2.14. The molecule has 1 heterocycles. The van der Waals surface area contributed by atoms with Gasteiger partial charge in [-0.25, -0.2) is 9.78 Å². The van der Waals surface area contributed by atoms with Gasteiger partial charge in [-0.2, -0.15) is 0 Å². The van der Waals surface area contributed by atoms with Crippen LogP contribution in [0, 0.1) is 6.92 Å². The van der Waals surface area contributed by atoms with Crippen molar-refractivity contribution >= 4 is 28.9 Å². The van der Waals surface area contributed by atoms with Crippen molar-refractivity contribution in [1.29, 1.82) is 0 Å². The van der Waals surface area contributed by atoms with Crippen molar-refractivity contribution in [1.82, 2.24) is 4.98 Å². The lowest BCUT2D eigenvalue weighted by atomic mass is 10.2. The molecule has 150 valence electrons. The molecule has 0 saturated heterocycles. The minimum atomic E-state index is -0.472. The first kappa shape index (κ1) is 20.5. The third-order valence-electron chi connectivity index (χ3n) is 4.00. The molecule has 0 spiro atoms. The molecule has 0 aliphatic heterocycles. The van der Waals surface area contributed by atoms with Crippen LogP contribution in [0.1, 0.15) is 33.5 Å². The standard InChI is InChI=1S/C22H22N2O4S/c1-3-27-19-7-5-4-6-18(19)22(26)28-13-17-14-29-21(24-17)12-20(25)23-16-10-8-15(2)9-11-16/h4-11,14H,3,12-13H2,1-2H3,(H,23,25). The van der Waals surface area contributed by atoms with Gasteiger partial charge in [-0.05, 0) is 38.1 Å². The molecule has 3 rings (SSSR count). The van der Waals surface area contributed by atoms with E-state index in [1.165, 1.54) is 11.3 Å². The maximum absolute atomic E-state index is 12.3. The molecule has 0 radical (unpaired) electrons. The number of benzene rings is 2. The van der Waals surface area contributed by atoms with Crippen LogP contribution in [0.2, 0.25) is 0 Å². The highest BCUT2D eigenvalue weighted by Gasteiger charge is 2.15. The van der Waals surface area contributed by atoms with Crippen LogP contribution in [0.25, 0.3) is 0 Å². The van der Waals surface area contributed by atoms with E-state index >= 15 is 0 Å². The van der Waals surface area contributed by atoms with Gasteiger partial charge in [-0.15, -0.1) is 11.3 Å². The molecule has 7 heteroatoms. The van der Waals surface area contributed by atoms with Crippen LogP contribution in [-0.4, -0.2) is 23.5 Å². The fraction of sp³-hybridized carbons (Fsp3) is 0.227. The highest BCUT2D eigenvalue weighted by Crippen LogP contribution is 2.20. The molecule has 1 amide bonds. The Kier molecular flexibility index (Phi) is 6.97. The van der Waals surface area contributed by atoms with Gasteiger partial charge in [0.05, 0.1) is 18.7 Å².